The second-order valence-corrected chi connectivity index (χ2v) is 31.0. The highest BCUT2D eigenvalue weighted by Gasteiger charge is 2.62. The Bertz CT molecular complexity index is 3200. The van der Waals surface area contributed by atoms with Crippen LogP contribution in [0.3, 0.4) is 0 Å². The van der Waals surface area contributed by atoms with Gasteiger partial charge in [0.2, 0.25) is 23.6 Å². The van der Waals surface area contributed by atoms with Crippen LogP contribution < -0.4 is 27.0 Å². The maximum absolute atomic E-state index is 14.2. The molecule has 0 unspecified atom stereocenters. The highest BCUT2D eigenvalue weighted by molar-refractivity contribution is 5.78. The largest absolute Gasteiger partial charge is 0.388 e. The number of ketones is 1. The number of fused-ring (bicyclic) bond motifs is 6. The molecule has 6 bridgehead atoms. The highest BCUT2D eigenvalue weighted by Crippen LogP contribution is 2.40. The first-order chi connectivity index (χ1) is 59.6. The topological polar surface area (TPSA) is 567 Å². The summed E-state index contributed by atoms with van der Waals surface area (Å²) < 4.78 is 127. The van der Waals surface area contributed by atoms with E-state index in [1.165, 1.54) is 20.8 Å². The Hall–Kier alpha value is -6.15. The SMILES string of the molecule is CC(=O)N[C@H]1[C@H]2OC[C@](COCCOCCOCCOCCn3cc(COCC(COCc4cn(CCOCCOCCOCCOC[C@@]56CO[C@@H](O5)[C@H](NC(C)=O)[C@@H](O)[C@H]6O)nn4)(COCc4cn(CCOCCOCCOCCOC[C@@]56CO[C@@H](O5)[C@H](NC(C)=O)[C@@H](O)[C@H]6O)nn4)NC(=O)CCCCCCC(=O)CCCCCN)nn3)(O2)[C@H](O)[C@@H]1O. The molecule has 0 saturated carbocycles. The van der Waals surface area contributed by atoms with Crippen molar-refractivity contribution in [2.45, 2.75) is 220 Å². The van der Waals surface area contributed by atoms with Gasteiger partial charge in [-0.05, 0) is 32.2 Å². The van der Waals surface area contributed by atoms with Crippen molar-refractivity contribution in [1.82, 2.24) is 66.2 Å². The summed E-state index contributed by atoms with van der Waals surface area (Å²) in [6.45, 7) is 10.8. The monoisotopic (exact) mass is 1760 g/mol. The summed E-state index contributed by atoms with van der Waals surface area (Å²) in [6.07, 6.45) is 1.18. The lowest BCUT2D eigenvalue weighted by Gasteiger charge is -2.42. The van der Waals surface area contributed by atoms with E-state index < -0.39 is 114 Å². The molecule has 9 rings (SSSR count). The number of Topliss-reactive ketones (excluding diaryl/α,β-unsaturated/α-hetero) is 1. The lowest BCUT2D eigenvalue weighted by molar-refractivity contribution is -0.238. The smallest absolute Gasteiger partial charge is 0.220 e. The molecule has 700 valence electrons. The molecule has 6 aliphatic rings. The molecular weight excluding hydrogens is 1630 g/mol. The van der Waals surface area contributed by atoms with Crippen LogP contribution in [0.5, 0.6) is 0 Å². The fraction of sp³-hybridized carbons (Fsp3) is 0.857. The third-order valence-electron chi connectivity index (χ3n) is 20.8. The van der Waals surface area contributed by atoms with Crippen LogP contribution in [-0.2, 0) is 163 Å². The molecule has 3 aromatic heterocycles. The number of rotatable bonds is 70. The van der Waals surface area contributed by atoms with Crippen molar-refractivity contribution >= 4 is 29.4 Å². The minimum Gasteiger partial charge on any atom is -0.388 e. The average Bonchev–Trinajstić information content (AvgIpc) is 1.62. The van der Waals surface area contributed by atoms with E-state index in [4.69, 9.17) is 105 Å². The predicted octanol–water partition coefficient (Wildman–Crippen LogP) is -5.05. The second kappa shape index (κ2) is 54.2. The van der Waals surface area contributed by atoms with Crippen LogP contribution in [-0.4, -0.2) is 406 Å². The van der Waals surface area contributed by atoms with Crippen molar-refractivity contribution in [1.29, 1.82) is 0 Å². The molecule has 6 aliphatic heterocycles. The zero-order valence-corrected chi connectivity index (χ0v) is 70.8. The zero-order chi connectivity index (χ0) is 87.6. The van der Waals surface area contributed by atoms with Gasteiger partial charge in [0.25, 0.3) is 0 Å². The number of unbranched alkanes of at least 4 members (excludes halogenated alkanes) is 5. The zero-order valence-electron chi connectivity index (χ0n) is 70.8. The number of ether oxygens (including phenoxy) is 21. The number of nitrogens with two attached hydrogens (primary N) is 1. The Labute approximate surface area is 713 Å². The van der Waals surface area contributed by atoms with Crippen molar-refractivity contribution in [3.8, 4) is 0 Å². The van der Waals surface area contributed by atoms with Crippen LogP contribution in [0.25, 0.3) is 0 Å². The second-order valence-electron chi connectivity index (χ2n) is 31.0. The highest BCUT2D eigenvalue weighted by atomic mass is 16.8. The molecule has 12 N–H and O–H groups in total. The molecule has 0 radical (unpaired) electrons. The minimum absolute atomic E-state index is 0.00467. The number of carbonyl (C=O) groups is 5. The number of aliphatic hydroxyl groups excluding tert-OH is 6. The van der Waals surface area contributed by atoms with Crippen LogP contribution in [0.1, 0.15) is 102 Å². The maximum Gasteiger partial charge on any atom is 0.220 e. The number of hydrogen-bond donors (Lipinski definition) is 11. The van der Waals surface area contributed by atoms with Gasteiger partial charge in [0.05, 0.1) is 256 Å². The van der Waals surface area contributed by atoms with Crippen LogP contribution in [0.4, 0.5) is 0 Å². The molecule has 4 amide bonds. The molecule has 15 atom stereocenters. The van der Waals surface area contributed by atoms with Crippen molar-refractivity contribution in [3.05, 3.63) is 35.7 Å². The molecule has 46 nitrogen and oxygen atoms in total. The number of hydrogen-bond acceptors (Lipinski definition) is 39. The fourth-order valence-corrected chi connectivity index (χ4v) is 14.3. The Balaban J connectivity index is 0.695. The summed E-state index contributed by atoms with van der Waals surface area (Å²) in [6, 6.07) is -2.73. The predicted molar refractivity (Wildman–Crippen MR) is 419 cm³/mol. The van der Waals surface area contributed by atoms with Crippen LogP contribution >= 0.6 is 0 Å². The number of nitrogens with one attached hydrogen (secondary N) is 4. The number of aliphatic hydroxyl groups is 6. The van der Waals surface area contributed by atoms with E-state index in [9.17, 15) is 54.6 Å². The Kier molecular flexibility index (Phi) is 44.4. The number of aromatic nitrogens is 9. The first-order valence-electron chi connectivity index (χ1n) is 42.3. The quantitative estimate of drug-likeness (QED) is 0.0236. The van der Waals surface area contributed by atoms with Crippen molar-refractivity contribution in [2.75, 3.05) is 205 Å². The lowest BCUT2D eigenvalue weighted by Crippen LogP contribution is -2.66. The van der Waals surface area contributed by atoms with E-state index in [1.807, 2.05) is 0 Å². The molecule has 9 heterocycles. The van der Waals surface area contributed by atoms with Gasteiger partial charge >= 0.3 is 0 Å². The summed E-state index contributed by atoms with van der Waals surface area (Å²) in [5.41, 5.74) is 2.02. The van der Waals surface area contributed by atoms with Gasteiger partial charge in [0.1, 0.15) is 100.0 Å². The lowest BCUT2D eigenvalue weighted by atomic mass is 9.88. The molecule has 46 heteroatoms. The van der Waals surface area contributed by atoms with Gasteiger partial charge < -0.3 is 157 Å². The molecule has 0 spiro atoms. The van der Waals surface area contributed by atoms with E-state index in [-0.39, 0.29) is 157 Å². The number of carbonyl (C=O) groups excluding carboxylic acids is 5. The normalized spacial score (nSPS) is 25.9. The van der Waals surface area contributed by atoms with Gasteiger partial charge in [-0.1, -0.05) is 34.9 Å². The minimum atomic E-state index is -1.35. The van der Waals surface area contributed by atoms with Gasteiger partial charge in [0, 0.05) is 40.0 Å². The standard InChI is InChI=1S/C77H130N14O32/c1-54(92)79-62-65(97)68(100)75(51-118-71(62)121-75)48-112-36-33-109-30-27-106-24-21-103-18-15-89-39-57(83-86-89)42-115-45-74(82-61(96)13-9-5-4-7-11-60(95)12-8-6-10-14-78,46-116-43-58-40-90(87-84-58)16-19-104-22-25-107-28-31-110-34-37-113-49-76-52-119-72(122-76)63(80-55(2)93)66(98)69(76)101)47-117-44-59-41-91(88-85-59)17-20-105-23-26-108-29-32-111-35-38-114-50-77-53-120-73(123-77)64(81-56(3)94)67(99)70(77)102/h39-41,62-73,97-102H,4-38,42-53,78H2,1-3H3,(H,79,92)(H,80,93)(H,81,94)(H,82,96)/t62-,63-,64-,65-,66-,67-,68-,69-,70-,71+,72+,73+,75+,76+,77+/m1/s1. The average molecular weight is 1760 g/mol. The summed E-state index contributed by atoms with van der Waals surface area (Å²) >= 11 is 0. The van der Waals surface area contributed by atoms with E-state index in [1.54, 1.807) is 32.6 Å². The molecule has 0 aromatic carbocycles. The fourth-order valence-electron chi connectivity index (χ4n) is 14.3. The summed E-state index contributed by atoms with van der Waals surface area (Å²) in [5.74, 6) is -1.21. The summed E-state index contributed by atoms with van der Waals surface area (Å²) in [4.78, 5) is 61.5. The maximum atomic E-state index is 14.2. The van der Waals surface area contributed by atoms with Crippen molar-refractivity contribution in [3.63, 3.8) is 0 Å². The molecule has 6 saturated heterocycles. The molecule has 0 aliphatic carbocycles. The number of nitrogens with zero attached hydrogens (tertiary/aromatic N) is 9. The first kappa shape index (κ1) is 101. The van der Waals surface area contributed by atoms with Crippen molar-refractivity contribution in [2.24, 2.45) is 5.73 Å². The van der Waals surface area contributed by atoms with E-state index >= 15 is 0 Å². The van der Waals surface area contributed by atoms with E-state index in [0.717, 1.165) is 38.5 Å². The van der Waals surface area contributed by atoms with Crippen molar-refractivity contribution < 1.29 is 154 Å². The van der Waals surface area contributed by atoms with E-state index in [0.29, 0.717) is 142 Å². The molecular formula is C77H130N14O32. The van der Waals surface area contributed by atoms with Crippen LogP contribution in [0.2, 0.25) is 0 Å². The molecule has 3 aromatic rings. The Morgan fingerprint density at radius 3 is 0.967 bits per heavy atom. The number of amides is 4. The van der Waals surface area contributed by atoms with E-state index in [2.05, 4.69) is 52.2 Å². The van der Waals surface area contributed by atoms with Gasteiger partial charge in [0.15, 0.2) is 18.9 Å². The van der Waals surface area contributed by atoms with Crippen LogP contribution in [0.15, 0.2) is 18.6 Å². The summed E-state index contributed by atoms with van der Waals surface area (Å²) in [5, 5.41) is 101. The first-order valence-corrected chi connectivity index (χ1v) is 42.3. The van der Waals surface area contributed by atoms with Gasteiger partial charge in [-0.2, -0.15) is 0 Å². The van der Waals surface area contributed by atoms with Gasteiger partial charge in [-0.25, -0.2) is 14.0 Å². The Morgan fingerprint density at radius 1 is 0.398 bits per heavy atom. The molecule has 123 heavy (non-hydrogen) atoms. The van der Waals surface area contributed by atoms with Gasteiger partial charge in [-0.15, -0.1) is 15.3 Å². The van der Waals surface area contributed by atoms with Crippen LogP contribution in [0, 0.1) is 0 Å². The Morgan fingerprint density at radius 2 is 0.675 bits per heavy atom. The third-order valence-corrected chi connectivity index (χ3v) is 20.8. The molecule has 6 fully saturated rings. The van der Waals surface area contributed by atoms with Gasteiger partial charge in [-0.3, -0.25) is 24.0 Å². The third kappa shape index (κ3) is 33.5. The summed E-state index contributed by atoms with van der Waals surface area (Å²) in [7, 11) is 0.